The van der Waals surface area contributed by atoms with Gasteiger partial charge in [0.25, 0.3) is 0 Å². The van der Waals surface area contributed by atoms with Crippen LogP contribution in [0, 0.1) is 0 Å². The van der Waals surface area contributed by atoms with Crippen molar-refractivity contribution >= 4 is 11.6 Å². The molecule has 0 heterocycles. The van der Waals surface area contributed by atoms with Gasteiger partial charge in [0.2, 0.25) is 0 Å². The quantitative estimate of drug-likeness (QED) is 0.0748. The minimum Gasteiger partial charge on any atom is -0.369 e. The lowest BCUT2D eigenvalue weighted by molar-refractivity contribution is -0.124. The number of hydrogen-bond donors (Lipinski definition) is 0. The van der Waals surface area contributed by atoms with Gasteiger partial charge in [0.1, 0.15) is 13.2 Å². The highest BCUT2D eigenvalue weighted by Crippen LogP contribution is 2.21. The molecule has 2 rings (SSSR count). The Balaban J connectivity index is 1.64. The highest BCUT2D eigenvalue weighted by molar-refractivity contribution is 5.80. The fourth-order valence-corrected chi connectivity index (χ4v) is 5.90. The fraction of sp³-hybridized carbons (Fsp3) is 0.667. The van der Waals surface area contributed by atoms with Crippen molar-refractivity contribution in [3.05, 3.63) is 59.7 Å². The molecule has 270 valence electrons. The molecule has 0 saturated carbocycles. The zero-order valence-electron chi connectivity index (χ0n) is 31.1. The minimum atomic E-state index is 0.179. The average Bonchev–Trinajstić information content (AvgIpc) is 3.10. The topological polar surface area (TPSA) is 59.1 Å². The Kier molecular flexibility index (Phi) is 23.9. The van der Waals surface area contributed by atoms with Gasteiger partial charge in [0, 0.05) is 12.8 Å². The van der Waals surface area contributed by atoms with E-state index >= 15 is 0 Å². The molecule has 6 heteroatoms. The first-order valence-electron chi connectivity index (χ1n) is 19.3. The lowest BCUT2D eigenvalue weighted by atomic mass is 10.0. The van der Waals surface area contributed by atoms with Crippen molar-refractivity contribution in [1.82, 2.24) is 9.80 Å². The Labute approximate surface area is 294 Å². The summed E-state index contributed by atoms with van der Waals surface area (Å²) in [4.78, 5) is 29.9. The van der Waals surface area contributed by atoms with Crippen LogP contribution in [0.15, 0.2) is 48.5 Å². The Bertz CT molecular complexity index is 998. The molecule has 6 nitrogen and oxygen atoms in total. The second kappa shape index (κ2) is 27.4. The van der Waals surface area contributed by atoms with E-state index in [1.807, 2.05) is 0 Å². The number of rotatable bonds is 31. The summed E-state index contributed by atoms with van der Waals surface area (Å²) in [6.45, 7) is 16.8. The second-order valence-electron chi connectivity index (χ2n) is 13.5. The maximum Gasteiger partial charge on any atom is 0.158 e. The fourth-order valence-electron chi connectivity index (χ4n) is 5.90. The summed E-state index contributed by atoms with van der Waals surface area (Å²) in [5.41, 5.74) is 4.39. The van der Waals surface area contributed by atoms with Gasteiger partial charge in [-0.25, -0.2) is 0 Å². The summed E-state index contributed by atoms with van der Waals surface area (Å²) in [7, 11) is 0. The van der Waals surface area contributed by atoms with E-state index in [9.17, 15) is 9.59 Å². The van der Waals surface area contributed by atoms with Gasteiger partial charge >= 0.3 is 0 Å². The molecule has 0 unspecified atom stereocenters. The van der Waals surface area contributed by atoms with E-state index in [-0.39, 0.29) is 24.8 Å². The van der Waals surface area contributed by atoms with Crippen LogP contribution in [0.1, 0.15) is 129 Å². The van der Waals surface area contributed by atoms with Crippen LogP contribution < -0.4 is 0 Å². The van der Waals surface area contributed by atoms with Crippen LogP contribution in [0.2, 0.25) is 0 Å². The summed E-state index contributed by atoms with van der Waals surface area (Å²) in [5, 5.41) is 0. The number of unbranched alkanes of at least 4 members (excludes halogenated alkanes) is 6. The Hall–Kier alpha value is -2.38. The summed E-state index contributed by atoms with van der Waals surface area (Å²) in [6.07, 6.45) is 15.4. The molecule has 0 fully saturated rings. The maximum atomic E-state index is 12.4. The first-order valence-corrected chi connectivity index (χ1v) is 19.3. The molecule has 0 N–H and O–H groups in total. The standard InChI is InChI=1S/C42H68N2O4/c1-5-9-13-29-43(27-11-7-3)31-15-17-41(45)35-47-33-37-19-23-39(24-20-37)40-25-21-38(22-26-40)34-48-36-42(46)18-16-32-44(28-12-8-4)30-14-10-6-2/h19-26H,5-18,27-36H2,1-4H3. The van der Waals surface area contributed by atoms with Crippen LogP contribution in [-0.2, 0) is 32.3 Å². The molecule has 0 aromatic heterocycles. The van der Waals surface area contributed by atoms with Gasteiger partial charge in [-0.15, -0.1) is 0 Å². The summed E-state index contributed by atoms with van der Waals surface area (Å²) >= 11 is 0. The predicted octanol–water partition coefficient (Wildman–Crippen LogP) is 9.67. The van der Waals surface area contributed by atoms with Crippen molar-refractivity contribution < 1.29 is 19.1 Å². The Morgan fingerprint density at radius 3 is 1.15 bits per heavy atom. The zero-order valence-corrected chi connectivity index (χ0v) is 31.1. The highest BCUT2D eigenvalue weighted by Gasteiger charge is 2.09. The summed E-state index contributed by atoms with van der Waals surface area (Å²) < 4.78 is 11.5. The molecule has 2 aromatic carbocycles. The highest BCUT2D eigenvalue weighted by atomic mass is 16.5. The van der Waals surface area contributed by atoms with E-state index in [2.05, 4.69) is 86.0 Å². The lowest BCUT2D eigenvalue weighted by Crippen LogP contribution is -2.27. The number of hydrogen-bond acceptors (Lipinski definition) is 6. The van der Waals surface area contributed by atoms with Crippen molar-refractivity contribution in [3.8, 4) is 11.1 Å². The Morgan fingerprint density at radius 1 is 0.458 bits per heavy atom. The van der Waals surface area contributed by atoms with E-state index in [4.69, 9.17) is 9.47 Å². The molecule has 0 spiro atoms. The average molecular weight is 665 g/mol. The smallest absolute Gasteiger partial charge is 0.158 e. The number of carbonyl (C=O) groups is 2. The summed E-state index contributed by atoms with van der Waals surface area (Å²) in [5.74, 6) is 0.373. The second-order valence-corrected chi connectivity index (χ2v) is 13.5. The number of nitrogens with zero attached hydrogens (tertiary/aromatic N) is 2. The van der Waals surface area contributed by atoms with Gasteiger partial charge in [-0.2, -0.15) is 0 Å². The van der Waals surface area contributed by atoms with Crippen LogP contribution in [0.4, 0.5) is 0 Å². The van der Waals surface area contributed by atoms with Crippen LogP contribution in [0.5, 0.6) is 0 Å². The van der Waals surface area contributed by atoms with Crippen molar-refractivity contribution in [3.63, 3.8) is 0 Å². The number of carbonyl (C=O) groups excluding carboxylic acids is 2. The van der Waals surface area contributed by atoms with Gasteiger partial charge in [-0.1, -0.05) is 115 Å². The molecule has 0 aliphatic heterocycles. The van der Waals surface area contributed by atoms with Crippen LogP contribution in [0.3, 0.4) is 0 Å². The monoisotopic (exact) mass is 665 g/mol. The first-order chi connectivity index (χ1) is 23.5. The number of Topliss-reactive ketones (excluding diaryl/α,β-unsaturated/α-hetero) is 2. The maximum absolute atomic E-state index is 12.4. The third kappa shape index (κ3) is 19.6. The minimum absolute atomic E-state index is 0.179. The van der Waals surface area contributed by atoms with E-state index < -0.39 is 0 Å². The van der Waals surface area contributed by atoms with Crippen molar-refractivity contribution in [1.29, 1.82) is 0 Å². The summed E-state index contributed by atoms with van der Waals surface area (Å²) in [6, 6.07) is 16.7. The predicted molar refractivity (Wildman–Crippen MR) is 201 cm³/mol. The zero-order chi connectivity index (χ0) is 34.7. The molecule has 2 aromatic rings. The molecular weight excluding hydrogens is 596 g/mol. The van der Waals surface area contributed by atoms with Gasteiger partial charge in [0.05, 0.1) is 13.2 Å². The molecular formula is C42H68N2O4. The van der Waals surface area contributed by atoms with E-state index in [0.29, 0.717) is 26.1 Å². The third-order valence-corrected chi connectivity index (χ3v) is 8.98. The first kappa shape index (κ1) is 41.8. The SMILES string of the molecule is CCCCCN(CCCC)CCCC(=O)COCc1ccc(-c2ccc(COCC(=O)CCCN(CCCC)CCCCC)cc2)cc1. The van der Waals surface area contributed by atoms with Gasteiger partial charge in [-0.3, -0.25) is 9.59 Å². The Morgan fingerprint density at radius 2 is 0.792 bits per heavy atom. The lowest BCUT2D eigenvalue weighted by Gasteiger charge is -2.21. The van der Waals surface area contributed by atoms with E-state index in [0.717, 1.165) is 74.4 Å². The van der Waals surface area contributed by atoms with E-state index in [1.165, 1.54) is 64.2 Å². The van der Waals surface area contributed by atoms with Crippen molar-refractivity contribution in [2.24, 2.45) is 0 Å². The largest absolute Gasteiger partial charge is 0.369 e. The molecule has 0 radical (unpaired) electrons. The van der Waals surface area contributed by atoms with Crippen molar-refractivity contribution in [2.75, 3.05) is 52.5 Å². The molecule has 0 saturated heterocycles. The third-order valence-electron chi connectivity index (χ3n) is 8.98. The number of ketones is 2. The van der Waals surface area contributed by atoms with Gasteiger partial charge < -0.3 is 19.3 Å². The van der Waals surface area contributed by atoms with Crippen LogP contribution in [-0.4, -0.2) is 73.8 Å². The molecule has 48 heavy (non-hydrogen) atoms. The normalized spacial score (nSPS) is 11.5. The molecule has 0 aliphatic rings. The number of benzene rings is 2. The molecule has 0 amide bonds. The van der Waals surface area contributed by atoms with Crippen LogP contribution in [0.25, 0.3) is 11.1 Å². The van der Waals surface area contributed by atoms with E-state index in [1.54, 1.807) is 0 Å². The van der Waals surface area contributed by atoms with Gasteiger partial charge in [-0.05, 0) is 100 Å². The van der Waals surface area contributed by atoms with Crippen molar-refractivity contribution in [2.45, 2.75) is 131 Å². The molecule has 0 aliphatic carbocycles. The van der Waals surface area contributed by atoms with Crippen LogP contribution >= 0.6 is 0 Å². The molecule has 0 bridgehead atoms. The van der Waals surface area contributed by atoms with Gasteiger partial charge in [0.15, 0.2) is 11.6 Å². The number of ether oxygens (including phenoxy) is 2. The molecule has 0 atom stereocenters.